The molecule has 0 spiro atoms. The Morgan fingerprint density at radius 1 is 1.03 bits per heavy atom. The van der Waals surface area contributed by atoms with Gasteiger partial charge in [-0.15, -0.1) is 0 Å². The lowest BCUT2D eigenvalue weighted by molar-refractivity contribution is -0.132. The van der Waals surface area contributed by atoms with Crippen LogP contribution in [0.4, 0.5) is 5.69 Å². The molecule has 5 nitrogen and oxygen atoms in total. The molecule has 0 atom stereocenters. The van der Waals surface area contributed by atoms with E-state index in [9.17, 15) is 9.90 Å². The molecule has 0 saturated carbocycles. The number of carboxylic acid groups (broad SMARTS) is 1. The van der Waals surface area contributed by atoms with Gasteiger partial charge in [0, 0.05) is 36.5 Å². The number of fused-ring (bicyclic) bond motifs is 1. The van der Waals surface area contributed by atoms with E-state index in [2.05, 4.69) is 43.0 Å². The molecule has 1 heterocycles. The number of rotatable bonds is 12. The number of benzene rings is 2. The Hall–Kier alpha value is -2.79. The van der Waals surface area contributed by atoms with Crippen LogP contribution >= 0.6 is 0 Å². The number of ether oxygens (including phenoxy) is 2. The van der Waals surface area contributed by atoms with Gasteiger partial charge in [0.25, 0.3) is 0 Å². The van der Waals surface area contributed by atoms with Crippen LogP contribution in [0, 0.1) is 0 Å². The summed E-state index contributed by atoms with van der Waals surface area (Å²) in [6.45, 7) is 8.03. The van der Waals surface area contributed by atoms with Crippen LogP contribution in [0.15, 0.2) is 48.0 Å². The van der Waals surface area contributed by atoms with Crippen LogP contribution < -0.4 is 9.64 Å². The Labute approximate surface area is 198 Å². The van der Waals surface area contributed by atoms with E-state index in [-0.39, 0.29) is 0 Å². The molecule has 0 aliphatic carbocycles. The first kappa shape index (κ1) is 24.8. The summed E-state index contributed by atoms with van der Waals surface area (Å²) in [6, 6.07) is 14.4. The normalized spacial score (nSPS) is 15.2. The zero-order valence-electron chi connectivity index (χ0n) is 20.0. The number of para-hydroxylation sites is 1. The van der Waals surface area contributed by atoms with E-state index >= 15 is 0 Å². The van der Waals surface area contributed by atoms with Gasteiger partial charge in [-0.1, -0.05) is 51.0 Å². The predicted molar refractivity (Wildman–Crippen MR) is 135 cm³/mol. The molecule has 33 heavy (non-hydrogen) atoms. The van der Waals surface area contributed by atoms with E-state index in [0.29, 0.717) is 25.2 Å². The van der Waals surface area contributed by atoms with Gasteiger partial charge < -0.3 is 19.5 Å². The van der Waals surface area contributed by atoms with Crippen molar-refractivity contribution in [3.8, 4) is 16.9 Å². The summed E-state index contributed by atoms with van der Waals surface area (Å²) in [5.74, 6) is -0.0205. The molecule has 1 aliphatic rings. The molecular formula is C28H37NO4. The molecule has 3 rings (SSSR count). The van der Waals surface area contributed by atoms with Crippen LogP contribution in [0.1, 0.15) is 57.9 Å². The number of aliphatic carboxylic acids is 1. The molecule has 1 aliphatic heterocycles. The third kappa shape index (κ3) is 7.10. The second-order valence-electron chi connectivity index (χ2n) is 8.50. The second-order valence-corrected chi connectivity index (χ2v) is 8.50. The second kappa shape index (κ2) is 13.0. The monoisotopic (exact) mass is 451 g/mol. The summed E-state index contributed by atoms with van der Waals surface area (Å²) in [6.07, 6.45) is 7.72. The molecule has 0 fully saturated rings. The number of hydrogen-bond acceptors (Lipinski definition) is 4. The van der Waals surface area contributed by atoms with Gasteiger partial charge in [-0.25, -0.2) is 4.79 Å². The minimum absolute atomic E-state index is 0.470. The van der Waals surface area contributed by atoms with Crippen molar-refractivity contribution >= 4 is 17.7 Å². The molecule has 2 aromatic carbocycles. The Balaban J connectivity index is 1.88. The summed E-state index contributed by atoms with van der Waals surface area (Å²) in [7, 11) is 0. The van der Waals surface area contributed by atoms with Crippen molar-refractivity contribution in [3.05, 3.63) is 53.6 Å². The zero-order chi connectivity index (χ0) is 23.5. The number of hydrogen-bond donors (Lipinski definition) is 1. The first-order chi connectivity index (χ1) is 16.1. The first-order valence-corrected chi connectivity index (χ1v) is 12.3. The molecule has 0 aromatic heterocycles. The van der Waals surface area contributed by atoms with Gasteiger partial charge in [0.1, 0.15) is 12.4 Å². The minimum Gasteiger partial charge on any atom is -0.491 e. The van der Waals surface area contributed by atoms with Gasteiger partial charge in [0.05, 0.1) is 6.61 Å². The third-order valence-electron chi connectivity index (χ3n) is 5.95. The Bertz CT molecular complexity index is 937. The van der Waals surface area contributed by atoms with Crippen molar-refractivity contribution in [1.29, 1.82) is 0 Å². The fourth-order valence-corrected chi connectivity index (χ4v) is 4.11. The number of carbonyl (C=O) groups is 1. The van der Waals surface area contributed by atoms with E-state index in [1.807, 2.05) is 24.3 Å². The highest BCUT2D eigenvalue weighted by molar-refractivity contribution is 5.94. The minimum atomic E-state index is -0.833. The molecule has 0 amide bonds. The maximum Gasteiger partial charge on any atom is 0.331 e. The maximum atomic E-state index is 11.8. The van der Waals surface area contributed by atoms with Crippen LogP contribution in [0.5, 0.6) is 5.75 Å². The van der Waals surface area contributed by atoms with Crippen molar-refractivity contribution in [2.24, 2.45) is 0 Å². The van der Waals surface area contributed by atoms with E-state index in [1.165, 1.54) is 0 Å². The SMILES string of the molecule is CCCCOCCOc1ccccc1-c1ccc2c(c1)/C=C(/C(=O)O)CCCN2CCCC. The van der Waals surface area contributed by atoms with E-state index in [4.69, 9.17) is 9.47 Å². The van der Waals surface area contributed by atoms with Gasteiger partial charge in [0.2, 0.25) is 0 Å². The number of carboxylic acids is 1. The summed E-state index contributed by atoms with van der Waals surface area (Å²) < 4.78 is 11.7. The topological polar surface area (TPSA) is 59.0 Å². The smallest absolute Gasteiger partial charge is 0.331 e. The molecule has 0 unspecified atom stereocenters. The molecule has 5 heteroatoms. The van der Waals surface area contributed by atoms with Gasteiger partial charge in [-0.05, 0) is 61.1 Å². The van der Waals surface area contributed by atoms with Crippen LogP contribution in [-0.4, -0.2) is 44.0 Å². The van der Waals surface area contributed by atoms with Crippen molar-refractivity contribution in [2.75, 3.05) is 37.8 Å². The lowest BCUT2D eigenvalue weighted by Gasteiger charge is -2.29. The van der Waals surface area contributed by atoms with Crippen molar-refractivity contribution in [1.82, 2.24) is 0 Å². The molecular weight excluding hydrogens is 414 g/mol. The summed E-state index contributed by atoms with van der Waals surface area (Å²) >= 11 is 0. The van der Waals surface area contributed by atoms with Crippen LogP contribution in [0.3, 0.4) is 0 Å². The Morgan fingerprint density at radius 2 is 1.85 bits per heavy atom. The fraction of sp³-hybridized carbons (Fsp3) is 0.464. The highest BCUT2D eigenvalue weighted by Crippen LogP contribution is 2.35. The molecule has 1 N–H and O–H groups in total. The van der Waals surface area contributed by atoms with E-state index < -0.39 is 5.97 Å². The molecule has 2 aromatic rings. The maximum absolute atomic E-state index is 11.8. The van der Waals surface area contributed by atoms with Gasteiger partial charge in [-0.3, -0.25) is 0 Å². The molecule has 0 saturated heterocycles. The highest BCUT2D eigenvalue weighted by Gasteiger charge is 2.18. The fourth-order valence-electron chi connectivity index (χ4n) is 4.11. The quantitative estimate of drug-likeness (QED) is 0.378. The van der Waals surface area contributed by atoms with Crippen molar-refractivity contribution in [2.45, 2.75) is 52.4 Å². The summed E-state index contributed by atoms with van der Waals surface area (Å²) in [5.41, 5.74) is 4.55. The number of nitrogens with zero attached hydrogens (tertiary/aromatic N) is 1. The molecule has 0 radical (unpaired) electrons. The average molecular weight is 452 g/mol. The van der Waals surface area contributed by atoms with Crippen LogP contribution in [0.2, 0.25) is 0 Å². The van der Waals surface area contributed by atoms with Gasteiger partial charge in [0.15, 0.2) is 0 Å². The highest BCUT2D eigenvalue weighted by atomic mass is 16.5. The van der Waals surface area contributed by atoms with Gasteiger partial charge in [-0.2, -0.15) is 0 Å². The summed E-state index contributed by atoms with van der Waals surface area (Å²) in [4.78, 5) is 14.2. The van der Waals surface area contributed by atoms with Crippen LogP contribution in [-0.2, 0) is 9.53 Å². The first-order valence-electron chi connectivity index (χ1n) is 12.3. The molecule has 178 valence electrons. The lowest BCUT2D eigenvalue weighted by Crippen LogP contribution is -2.27. The van der Waals surface area contributed by atoms with Crippen molar-refractivity contribution in [3.63, 3.8) is 0 Å². The van der Waals surface area contributed by atoms with Crippen molar-refractivity contribution < 1.29 is 19.4 Å². The largest absolute Gasteiger partial charge is 0.491 e. The summed E-state index contributed by atoms with van der Waals surface area (Å²) in [5, 5.41) is 9.68. The zero-order valence-corrected chi connectivity index (χ0v) is 20.0. The standard InChI is InChI=1S/C28H37NO4/c1-3-5-15-29-16-9-10-23(28(30)31)21-24-20-22(13-14-26(24)29)25-11-7-8-12-27(25)33-19-18-32-17-6-4-2/h7-8,11-14,20-21H,3-6,9-10,15-19H2,1-2H3,(H,30,31)/b23-21+. The van der Waals surface area contributed by atoms with E-state index in [0.717, 1.165) is 79.9 Å². The third-order valence-corrected chi connectivity index (χ3v) is 5.95. The molecule has 0 bridgehead atoms. The number of anilines is 1. The van der Waals surface area contributed by atoms with Gasteiger partial charge >= 0.3 is 5.97 Å². The number of unbranched alkanes of at least 4 members (excludes halogenated alkanes) is 2. The predicted octanol–water partition coefficient (Wildman–Crippen LogP) is 6.42. The lowest BCUT2D eigenvalue weighted by atomic mass is 9.96. The average Bonchev–Trinajstić information content (AvgIpc) is 2.81. The van der Waals surface area contributed by atoms with Crippen LogP contribution in [0.25, 0.3) is 17.2 Å². The Morgan fingerprint density at radius 3 is 2.64 bits per heavy atom. The van der Waals surface area contributed by atoms with E-state index in [1.54, 1.807) is 0 Å². The Kier molecular flexibility index (Phi) is 9.82.